The average Bonchev–Trinajstić information content (AvgIpc) is 2.14. The molecular weight excluding hydrogens is 184 g/mol. The highest BCUT2D eigenvalue weighted by Gasteiger charge is 2.03. The van der Waals surface area contributed by atoms with Gasteiger partial charge < -0.3 is 9.84 Å². The fourth-order valence-corrected chi connectivity index (χ4v) is 0.912. The van der Waals surface area contributed by atoms with Crippen molar-refractivity contribution in [1.82, 2.24) is 4.98 Å². The van der Waals surface area contributed by atoms with Crippen LogP contribution in [0.4, 0.5) is 0 Å². The summed E-state index contributed by atoms with van der Waals surface area (Å²) in [5.74, 6) is -0.921. The van der Waals surface area contributed by atoms with E-state index >= 15 is 0 Å². The van der Waals surface area contributed by atoms with Crippen LogP contribution in [-0.2, 0) is 4.79 Å². The molecule has 0 aromatic carbocycles. The fourth-order valence-electron chi connectivity index (χ4n) is 0.912. The van der Waals surface area contributed by atoms with Crippen molar-refractivity contribution in [3.63, 3.8) is 0 Å². The van der Waals surface area contributed by atoms with Crippen LogP contribution in [-0.4, -0.2) is 22.7 Å². The molecule has 1 N–H and O–H groups in total. The SMILES string of the molecule is Cc1cc(C#N)cc(OCC(=O)O)n1. The molecule has 0 aliphatic rings. The summed E-state index contributed by atoms with van der Waals surface area (Å²) in [4.78, 5) is 14.1. The number of aromatic nitrogens is 1. The van der Waals surface area contributed by atoms with Crippen LogP contribution in [0.3, 0.4) is 0 Å². The van der Waals surface area contributed by atoms with Crippen LogP contribution < -0.4 is 4.74 Å². The van der Waals surface area contributed by atoms with Crippen molar-refractivity contribution in [3.8, 4) is 11.9 Å². The van der Waals surface area contributed by atoms with Crippen molar-refractivity contribution in [1.29, 1.82) is 5.26 Å². The van der Waals surface area contributed by atoms with Crippen molar-refractivity contribution in [2.75, 3.05) is 6.61 Å². The molecule has 0 saturated heterocycles. The number of hydrogen-bond acceptors (Lipinski definition) is 4. The van der Waals surface area contributed by atoms with Gasteiger partial charge in [-0.15, -0.1) is 0 Å². The Morgan fingerprint density at radius 3 is 3.00 bits per heavy atom. The summed E-state index contributed by atoms with van der Waals surface area (Å²) in [7, 11) is 0. The zero-order chi connectivity index (χ0) is 10.6. The standard InChI is InChI=1S/C9H8N2O3/c1-6-2-7(4-10)3-8(11-6)14-5-9(12)13/h2-3H,5H2,1H3,(H,12,13). The second kappa shape index (κ2) is 4.23. The topological polar surface area (TPSA) is 83.2 Å². The molecule has 0 radical (unpaired) electrons. The molecule has 0 spiro atoms. The van der Waals surface area contributed by atoms with Gasteiger partial charge in [-0.1, -0.05) is 0 Å². The molecule has 0 aliphatic carbocycles. The lowest BCUT2D eigenvalue weighted by molar-refractivity contribution is -0.139. The lowest BCUT2D eigenvalue weighted by atomic mass is 10.2. The smallest absolute Gasteiger partial charge is 0.341 e. The summed E-state index contributed by atoms with van der Waals surface area (Å²) in [6, 6.07) is 4.92. The monoisotopic (exact) mass is 192 g/mol. The molecule has 0 amide bonds. The number of hydrogen-bond donors (Lipinski definition) is 1. The Hall–Kier alpha value is -2.09. The normalized spacial score (nSPS) is 9.14. The maximum absolute atomic E-state index is 10.2. The Morgan fingerprint density at radius 1 is 1.71 bits per heavy atom. The van der Waals surface area contributed by atoms with E-state index in [1.807, 2.05) is 6.07 Å². The highest BCUT2D eigenvalue weighted by atomic mass is 16.5. The van der Waals surface area contributed by atoms with Gasteiger partial charge in [0.05, 0.1) is 11.6 Å². The molecular formula is C9H8N2O3. The summed E-state index contributed by atoms with van der Waals surface area (Å²) < 4.78 is 4.83. The number of aliphatic carboxylic acids is 1. The maximum Gasteiger partial charge on any atom is 0.341 e. The molecule has 0 atom stereocenters. The van der Waals surface area contributed by atoms with Crippen molar-refractivity contribution in [2.24, 2.45) is 0 Å². The molecule has 1 heterocycles. The van der Waals surface area contributed by atoms with Crippen LogP contribution in [0.15, 0.2) is 12.1 Å². The molecule has 0 saturated carbocycles. The number of pyridine rings is 1. The van der Waals surface area contributed by atoms with Crippen molar-refractivity contribution in [2.45, 2.75) is 6.92 Å². The van der Waals surface area contributed by atoms with E-state index in [2.05, 4.69) is 4.98 Å². The van der Waals surface area contributed by atoms with Gasteiger partial charge in [-0.3, -0.25) is 0 Å². The molecule has 0 aliphatic heterocycles. The van der Waals surface area contributed by atoms with Gasteiger partial charge in [0, 0.05) is 11.8 Å². The van der Waals surface area contributed by atoms with Gasteiger partial charge in [0.2, 0.25) is 5.88 Å². The van der Waals surface area contributed by atoms with Crippen molar-refractivity contribution >= 4 is 5.97 Å². The molecule has 5 heteroatoms. The first-order valence-electron chi connectivity index (χ1n) is 3.85. The summed E-state index contributed by atoms with van der Waals surface area (Å²) in [5.41, 5.74) is 1.02. The van der Waals surface area contributed by atoms with E-state index in [-0.39, 0.29) is 5.88 Å². The third-order valence-corrected chi connectivity index (χ3v) is 1.40. The molecule has 0 unspecified atom stereocenters. The molecule has 1 aromatic heterocycles. The Labute approximate surface area is 80.6 Å². The molecule has 5 nitrogen and oxygen atoms in total. The second-order valence-electron chi connectivity index (χ2n) is 2.63. The molecule has 72 valence electrons. The van der Waals surface area contributed by atoms with Crippen LogP contribution in [0.2, 0.25) is 0 Å². The Morgan fingerprint density at radius 2 is 2.43 bits per heavy atom. The summed E-state index contributed by atoms with van der Waals surface area (Å²) in [5, 5.41) is 17.0. The minimum atomic E-state index is -1.08. The Bertz CT molecular complexity index is 396. The third-order valence-electron chi connectivity index (χ3n) is 1.40. The number of nitrogens with zero attached hydrogens (tertiary/aromatic N) is 2. The number of rotatable bonds is 3. The summed E-state index contributed by atoms with van der Waals surface area (Å²) in [6.45, 7) is 1.25. The Balaban J connectivity index is 2.82. The van der Waals surface area contributed by atoms with Crippen molar-refractivity contribution in [3.05, 3.63) is 23.4 Å². The van der Waals surface area contributed by atoms with E-state index in [4.69, 9.17) is 15.1 Å². The van der Waals surface area contributed by atoms with Crippen LogP contribution in [0.25, 0.3) is 0 Å². The number of carboxylic acids is 1. The number of ether oxygens (including phenoxy) is 1. The summed E-state index contributed by atoms with van der Waals surface area (Å²) in [6.07, 6.45) is 0. The van der Waals surface area contributed by atoms with Crippen LogP contribution in [0, 0.1) is 18.3 Å². The first-order chi connectivity index (χ1) is 6.61. The van der Waals surface area contributed by atoms with Crippen LogP contribution >= 0.6 is 0 Å². The van der Waals surface area contributed by atoms with Gasteiger partial charge in [-0.2, -0.15) is 5.26 Å². The fraction of sp³-hybridized carbons (Fsp3) is 0.222. The first kappa shape index (κ1) is 9.99. The van der Waals surface area contributed by atoms with E-state index in [9.17, 15) is 4.79 Å². The lowest BCUT2D eigenvalue weighted by Crippen LogP contribution is -2.10. The van der Waals surface area contributed by atoms with Crippen LogP contribution in [0.1, 0.15) is 11.3 Å². The molecule has 1 aromatic rings. The first-order valence-corrected chi connectivity index (χ1v) is 3.85. The number of carboxylic acid groups (broad SMARTS) is 1. The zero-order valence-corrected chi connectivity index (χ0v) is 7.52. The van der Waals surface area contributed by atoms with E-state index in [0.29, 0.717) is 11.3 Å². The maximum atomic E-state index is 10.2. The zero-order valence-electron chi connectivity index (χ0n) is 7.52. The largest absolute Gasteiger partial charge is 0.479 e. The van der Waals surface area contributed by atoms with E-state index in [1.165, 1.54) is 6.07 Å². The lowest BCUT2D eigenvalue weighted by Gasteiger charge is -2.02. The highest BCUT2D eigenvalue weighted by molar-refractivity contribution is 5.68. The number of aryl methyl sites for hydroxylation is 1. The highest BCUT2D eigenvalue weighted by Crippen LogP contribution is 2.11. The molecule has 1 rings (SSSR count). The van der Waals surface area contributed by atoms with E-state index in [0.717, 1.165) is 0 Å². The minimum Gasteiger partial charge on any atom is -0.479 e. The quantitative estimate of drug-likeness (QED) is 0.763. The van der Waals surface area contributed by atoms with Gasteiger partial charge in [0.25, 0.3) is 0 Å². The molecule has 0 bridgehead atoms. The van der Waals surface area contributed by atoms with Gasteiger partial charge in [-0.25, -0.2) is 9.78 Å². The number of nitriles is 1. The van der Waals surface area contributed by atoms with E-state index in [1.54, 1.807) is 13.0 Å². The second-order valence-corrected chi connectivity index (χ2v) is 2.63. The summed E-state index contributed by atoms with van der Waals surface area (Å²) >= 11 is 0. The predicted molar refractivity (Wildman–Crippen MR) is 46.8 cm³/mol. The van der Waals surface area contributed by atoms with Gasteiger partial charge in [-0.05, 0) is 13.0 Å². The Kier molecular flexibility index (Phi) is 3.02. The van der Waals surface area contributed by atoms with Gasteiger partial charge in [0.15, 0.2) is 6.61 Å². The molecule has 0 fully saturated rings. The molecule has 14 heavy (non-hydrogen) atoms. The van der Waals surface area contributed by atoms with Gasteiger partial charge in [0.1, 0.15) is 0 Å². The average molecular weight is 192 g/mol. The van der Waals surface area contributed by atoms with Gasteiger partial charge >= 0.3 is 5.97 Å². The minimum absolute atomic E-state index is 0.156. The van der Waals surface area contributed by atoms with Crippen molar-refractivity contribution < 1.29 is 14.6 Å². The predicted octanol–water partition coefficient (Wildman–Crippen LogP) is 0.725. The van der Waals surface area contributed by atoms with Crippen LogP contribution in [0.5, 0.6) is 5.88 Å². The third kappa shape index (κ3) is 2.75. The number of carbonyl (C=O) groups is 1. The van der Waals surface area contributed by atoms with E-state index < -0.39 is 12.6 Å².